The molecule has 1 aliphatic heterocycles. The average molecular weight is 489 g/mol. The highest BCUT2D eigenvalue weighted by molar-refractivity contribution is 14.0. The van der Waals surface area contributed by atoms with Gasteiger partial charge in [0.2, 0.25) is 0 Å². The predicted molar refractivity (Wildman–Crippen MR) is 117 cm³/mol. The Morgan fingerprint density at radius 1 is 1.24 bits per heavy atom. The molecule has 0 aliphatic carbocycles. The first kappa shape index (κ1) is 24.9. The van der Waals surface area contributed by atoms with Crippen LogP contribution in [0.4, 0.5) is 0 Å². The van der Waals surface area contributed by atoms with Crippen LogP contribution < -0.4 is 10.6 Å². The molecule has 1 saturated heterocycles. The summed E-state index contributed by atoms with van der Waals surface area (Å²) in [5.41, 5.74) is 0. The van der Waals surface area contributed by atoms with E-state index in [0.29, 0.717) is 6.42 Å². The Bertz CT molecular complexity index is 487. The van der Waals surface area contributed by atoms with E-state index >= 15 is 0 Å². The van der Waals surface area contributed by atoms with E-state index < -0.39 is 9.84 Å². The minimum atomic E-state index is -2.91. The van der Waals surface area contributed by atoms with Crippen LogP contribution in [0.5, 0.6) is 0 Å². The van der Waals surface area contributed by atoms with Crippen LogP contribution in [0.3, 0.4) is 0 Å². The van der Waals surface area contributed by atoms with E-state index in [2.05, 4.69) is 32.5 Å². The van der Waals surface area contributed by atoms with Crippen LogP contribution in [-0.2, 0) is 9.84 Å². The highest BCUT2D eigenvalue weighted by Crippen LogP contribution is 2.01. The zero-order valence-electron chi connectivity index (χ0n) is 16.1. The second-order valence-corrected chi connectivity index (χ2v) is 9.07. The molecule has 1 rings (SSSR count). The fourth-order valence-electron chi connectivity index (χ4n) is 2.72. The van der Waals surface area contributed by atoms with E-state index in [4.69, 9.17) is 0 Å². The Morgan fingerprint density at radius 2 is 1.96 bits per heavy atom. The molecule has 25 heavy (non-hydrogen) atoms. The topological polar surface area (TPSA) is 77.0 Å². The maximum absolute atomic E-state index is 11.2. The molecular formula is C16H36IN5O2S. The summed E-state index contributed by atoms with van der Waals surface area (Å²) in [6, 6.07) is 0.0760. The molecule has 0 aromatic carbocycles. The van der Waals surface area contributed by atoms with Crippen molar-refractivity contribution in [3.8, 4) is 0 Å². The van der Waals surface area contributed by atoms with Gasteiger partial charge in [0, 0.05) is 39.0 Å². The van der Waals surface area contributed by atoms with Crippen LogP contribution in [-0.4, -0.2) is 95.6 Å². The van der Waals surface area contributed by atoms with Gasteiger partial charge in [-0.25, -0.2) is 8.42 Å². The number of hydrogen-bond donors (Lipinski definition) is 2. The van der Waals surface area contributed by atoms with Gasteiger partial charge in [-0.05, 0) is 52.9 Å². The summed E-state index contributed by atoms with van der Waals surface area (Å²) in [7, 11) is 1.01. The van der Waals surface area contributed by atoms with Crippen molar-refractivity contribution < 1.29 is 8.42 Å². The Morgan fingerprint density at radius 3 is 2.60 bits per heavy atom. The Hall–Kier alpha value is -0.130. The van der Waals surface area contributed by atoms with Gasteiger partial charge < -0.3 is 20.4 Å². The number of aliphatic imine (C=N–C) groups is 1. The molecule has 1 heterocycles. The highest BCUT2D eigenvalue weighted by Gasteiger charge is 2.12. The van der Waals surface area contributed by atoms with Crippen molar-refractivity contribution >= 4 is 39.8 Å². The largest absolute Gasteiger partial charge is 0.356 e. The van der Waals surface area contributed by atoms with Crippen LogP contribution in [0, 0.1) is 0 Å². The normalized spacial score (nSPS) is 19.0. The van der Waals surface area contributed by atoms with Gasteiger partial charge >= 0.3 is 0 Å². The smallest absolute Gasteiger partial charge is 0.191 e. The fraction of sp³-hybridized carbons (Fsp3) is 0.938. The summed E-state index contributed by atoms with van der Waals surface area (Å²) >= 11 is 0. The van der Waals surface area contributed by atoms with Crippen molar-refractivity contribution in [3.63, 3.8) is 0 Å². The summed E-state index contributed by atoms with van der Waals surface area (Å²) in [5, 5.41) is 6.56. The van der Waals surface area contributed by atoms with Crippen molar-refractivity contribution in [1.29, 1.82) is 0 Å². The van der Waals surface area contributed by atoms with Crippen molar-refractivity contribution in [2.75, 3.05) is 65.4 Å². The lowest BCUT2D eigenvalue weighted by Crippen LogP contribution is -2.43. The van der Waals surface area contributed by atoms with E-state index in [1.165, 1.54) is 25.8 Å². The maximum atomic E-state index is 11.2. The van der Waals surface area contributed by atoms with Crippen LogP contribution >= 0.6 is 24.0 Å². The Labute approximate surface area is 170 Å². The second-order valence-electron chi connectivity index (χ2n) is 6.81. The number of guanidine groups is 1. The zero-order valence-corrected chi connectivity index (χ0v) is 19.3. The molecule has 150 valence electrons. The Balaban J connectivity index is 0.00000576. The lowest BCUT2D eigenvalue weighted by molar-refractivity contribution is 0.274. The average Bonchev–Trinajstić information content (AvgIpc) is 2.72. The lowest BCUT2D eigenvalue weighted by Gasteiger charge is -2.21. The SMILES string of the molecule is CN=C(NCCCN1CCCN(C)CC1)NC(C)CCS(C)(=O)=O.I. The van der Waals surface area contributed by atoms with E-state index in [9.17, 15) is 8.42 Å². The fourth-order valence-corrected chi connectivity index (χ4v) is 3.51. The first-order valence-corrected chi connectivity index (χ1v) is 10.9. The van der Waals surface area contributed by atoms with Gasteiger partial charge in [0.1, 0.15) is 9.84 Å². The quantitative estimate of drug-likeness (QED) is 0.225. The number of nitrogens with zero attached hydrogens (tertiary/aromatic N) is 3. The number of likely N-dealkylation sites (N-methyl/N-ethyl adjacent to an activating group) is 1. The van der Waals surface area contributed by atoms with Crippen LogP contribution in [0.2, 0.25) is 0 Å². The minimum Gasteiger partial charge on any atom is -0.356 e. The maximum Gasteiger partial charge on any atom is 0.191 e. The lowest BCUT2D eigenvalue weighted by atomic mass is 10.3. The first-order valence-electron chi connectivity index (χ1n) is 8.86. The molecule has 9 heteroatoms. The molecule has 0 saturated carbocycles. The molecule has 0 aromatic heterocycles. The third-order valence-electron chi connectivity index (χ3n) is 4.28. The highest BCUT2D eigenvalue weighted by atomic mass is 127. The summed E-state index contributed by atoms with van der Waals surface area (Å²) < 4.78 is 22.4. The van der Waals surface area contributed by atoms with Gasteiger partial charge in [-0.2, -0.15) is 0 Å². The zero-order chi connectivity index (χ0) is 18.0. The standard InChI is InChI=1S/C16H35N5O2S.HI/c1-15(7-14-24(4,22)23)19-16(17-2)18-8-5-10-21-11-6-9-20(3)12-13-21;/h15H,5-14H2,1-4H3,(H2,17,18,19);1H. The van der Waals surface area contributed by atoms with Crippen molar-refractivity contribution in [3.05, 3.63) is 0 Å². The van der Waals surface area contributed by atoms with Gasteiger partial charge in [-0.1, -0.05) is 0 Å². The third-order valence-corrected chi connectivity index (χ3v) is 5.26. The van der Waals surface area contributed by atoms with Crippen molar-refractivity contribution in [2.24, 2.45) is 4.99 Å². The monoisotopic (exact) mass is 489 g/mol. The molecule has 0 radical (unpaired) electrons. The summed E-state index contributed by atoms with van der Waals surface area (Å²) in [5.74, 6) is 0.938. The van der Waals surface area contributed by atoms with Gasteiger partial charge in [0.15, 0.2) is 5.96 Å². The molecule has 0 bridgehead atoms. The van der Waals surface area contributed by atoms with Gasteiger partial charge in [0.25, 0.3) is 0 Å². The number of nitrogens with one attached hydrogen (secondary N) is 2. The summed E-state index contributed by atoms with van der Waals surface area (Å²) in [6.45, 7) is 8.61. The van der Waals surface area contributed by atoms with Crippen molar-refractivity contribution in [2.45, 2.75) is 32.2 Å². The molecule has 1 aliphatic rings. The van der Waals surface area contributed by atoms with E-state index in [1.54, 1.807) is 7.05 Å². The minimum absolute atomic E-state index is 0. The van der Waals surface area contributed by atoms with Gasteiger partial charge in [0.05, 0.1) is 5.75 Å². The van der Waals surface area contributed by atoms with Gasteiger partial charge in [-0.15, -0.1) is 24.0 Å². The molecule has 0 amide bonds. The predicted octanol–water partition coefficient (Wildman–Crippen LogP) is 0.620. The summed E-state index contributed by atoms with van der Waals surface area (Å²) in [6.07, 6.45) is 4.17. The van der Waals surface area contributed by atoms with E-state index in [1.807, 2.05) is 6.92 Å². The van der Waals surface area contributed by atoms with E-state index in [0.717, 1.165) is 38.6 Å². The molecule has 0 spiro atoms. The van der Waals surface area contributed by atoms with Crippen molar-refractivity contribution in [1.82, 2.24) is 20.4 Å². The first-order chi connectivity index (χ1) is 11.3. The molecule has 1 unspecified atom stereocenters. The number of rotatable bonds is 8. The van der Waals surface area contributed by atoms with Gasteiger partial charge in [-0.3, -0.25) is 4.99 Å². The van der Waals surface area contributed by atoms with Crippen LogP contribution in [0.25, 0.3) is 0 Å². The number of halogens is 1. The van der Waals surface area contributed by atoms with Crippen LogP contribution in [0.15, 0.2) is 4.99 Å². The molecular weight excluding hydrogens is 453 g/mol. The molecule has 7 nitrogen and oxygen atoms in total. The molecule has 0 aromatic rings. The molecule has 1 fully saturated rings. The number of hydrogen-bond acceptors (Lipinski definition) is 5. The molecule has 2 N–H and O–H groups in total. The summed E-state index contributed by atoms with van der Waals surface area (Å²) in [4.78, 5) is 9.12. The second kappa shape index (κ2) is 13.1. The molecule has 1 atom stereocenters. The van der Waals surface area contributed by atoms with E-state index in [-0.39, 0.29) is 35.8 Å². The third kappa shape index (κ3) is 12.8. The Kier molecular flexibility index (Phi) is 13.0. The van der Waals surface area contributed by atoms with Crippen LogP contribution in [0.1, 0.15) is 26.2 Å². The number of sulfone groups is 1.